The smallest absolute Gasteiger partial charge is 0.328 e. The van der Waals surface area contributed by atoms with E-state index in [4.69, 9.17) is 4.74 Å². The summed E-state index contributed by atoms with van der Waals surface area (Å²) in [5, 5.41) is 3.35. The Morgan fingerprint density at radius 1 is 1.15 bits per heavy atom. The van der Waals surface area contributed by atoms with E-state index in [1.54, 1.807) is 4.90 Å². The first-order chi connectivity index (χ1) is 12.6. The van der Waals surface area contributed by atoms with Gasteiger partial charge in [-0.2, -0.15) is 0 Å². The lowest BCUT2D eigenvalue weighted by Gasteiger charge is -2.42. The number of nitrogens with zero attached hydrogens (tertiary/aromatic N) is 3. The molecule has 3 aliphatic rings. The Hall–Kier alpha value is -1.96. The van der Waals surface area contributed by atoms with Crippen molar-refractivity contribution in [3.05, 3.63) is 35.9 Å². The molecule has 0 saturated carbocycles. The van der Waals surface area contributed by atoms with E-state index in [1.807, 2.05) is 37.3 Å². The highest BCUT2D eigenvalue weighted by Gasteiger charge is 2.58. The fourth-order valence-electron chi connectivity index (χ4n) is 4.21. The molecule has 3 amide bonds. The van der Waals surface area contributed by atoms with E-state index in [0.29, 0.717) is 39.4 Å². The zero-order chi connectivity index (χ0) is 18.1. The number of morpholine rings is 1. The van der Waals surface area contributed by atoms with Gasteiger partial charge in [-0.05, 0) is 12.5 Å². The lowest BCUT2D eigenvalue weighted by Crippen LogP contribution is -2.61. The van der Waals surface area contributed by atoms with Crippen molar-refractivity contribution in [3.8, 4) is 0 Å². The average Bonchev–Trinajstić information content (AvgIpc) is 2.87. The Balaban J connectivity index is 1.54. The molecule has 4 rings (SSSR count). The van der Waals surface area contributed by atoms with E-state index in [9.17, 15) is 9.59 Å². The fraction of sp³-hybridized carbons (Fsp3) is 0.579. The monoisotopic (exact) mass is 358 g/mol. The maximum atomic E-state index is 13.2. The predicted octanol–water partition coefficient (Wildman–Crippen LogP) is 0.686. The maximum Gasteiger partial charge on any atom is 0.328 e. The van der Waals surface area contributed by atoms with Gasteiger partial charge in [-0.15, -0.1) is 0 Å². The number of ether oxygens (including phenoxy) is 1. The second-order valence-corrected chi connectivity index (χ2v) is 7.39. The van der Waals surface area contributed by atoms with Crippen molar-refractivity contribution in [3.63, 3.8) is 0 Å². The van der Waals surface area contributed by atoms with E-state index < -0.39 is 5.54 Å². The number of rotatable bonds is 4. The van der Waals surface area contributed by atoms with Gasteiger partial charge in [0.25, 0.3) is 5.91 Å². The van der Waals surface area contributed by atoms with Gasteiger partial charge in [0, 0.05) is 39.3 Å². The Morgan fingerprint density at radius 3 is 2.62 bits per heavy atom. The molecule has 7 nitrogen and oxygen atoms in total. The van der Waals surface area contributed by atoms with Gasteiger partial charge in [-0.1, -0.05) is 30.3 Å². The number of fused-ring (bicyclic) bond motifs is 1. The van der Waals surface area contributed by atoms with E-state index >= 15 is 0 Å². The van der Waals surface area contributed by atoms with Gasteiger partial charge >= 0.3 is 6.03 Å². The van der Waals surface area contributed by atoms with Gasteiger partial charge in [0.1, 0.15) is 5.54 Å². The number of carbonyl (C=O) groups is 2. The molecule has 3 fully saturated rings. The molecule has 3 saturated heterocycles. The normalized spacial score (nSPS) is 30.0. The molecule has 0 aliphatic carbocycles. The van der Waals surface area contributed by atoms with Gasteiger partial charge in [-0.3, -0.25) is 14.6 Å². The highest BCUT2D eigenvalue weighted by molar-refractivity contribution is 6.07. The summed E-state index contributed by atoms with van der Waals surface area (Å²) in [4.78, 5) is 31.8. The molecule has 140 valence electrons. The largest absolute Gasteiger partial charge is 0.379 e. The van der Waals surface area contributed by atoms with Crippen LogP contribution in [0.15, 0.2) is 30.3 Å². The Kier molecular flexibility index (Phi) is 4.69. The summed E-state index contributed by atoms with van der Waals surface area (Å²) in [5.74, 6) is -0.0936. The minimum Gasteiger partial charge on any atom is -0.379 e. The minimum absolute atomic E-state index is 0.0936. The molecule has 1 aromatic carbocycles. The number of imide groups is 1. The average molecular weight is 358 g/mol. The predicted molar refractivity (Wildman–Crippen MR) is 96.7 cm³/mol. The van der Waals surface area contributed by atoms with Crippen LogP contribution in [0.25, 0.3) is 0 Å². The minimum atomic E-state index is -0.819. The quantitative estimate of drug-likeness (QED) is 0.802. The lowest BCUT2D eigenvalue weighted by atomic mass is 9.92. The van der Waals surface area contributed by atoms with Crippen LogP contribution in [-0.2, 0) is 9.53 Å². The Labute approximate surface area is 153 Å². The maximum absolute atomic E-state index is 13.2. The molecule has 0 radical (unpaired) electrons. The zero-order valence-electron chi connectivity index (χ0n) is 15.2. The number of urea groups is 1. The molecule has 7 heteroatoms. The number of piperazine rings is 1. The molecule has 26 heavy (non-hydrogen) atoms. The van der Waals surface area contributed by atoms with Crippen molar-refractivity contribution < 1.29 is 14.3 Å². The summed E-state index contributed by atoms with van der Waals surface area (Å²) in [6, 6.07) is 9.66. The summed E-state index contributed by atoms with van der Waals surface area (Å²) in [5.41, 5.74) is 0.239. The van der Waals surface area contributed by atoms with Crippen molar-refractivity contribution in [2.75, 3.05) is 52.5 Å². The van der Waals surface area contributed by atoms with E-state index in [0.717, 1.165) is 18.7 Å². The number of nitrogens with one attached hydrogen (secondary N) is 1. The third-order valence-corrected chi connectivity index (χ3v) is 5.72. The van der Waals surface area contributed by atoms with Crippen LogP contribution in [0.2, 0.25) is 0 Å². The van der Waals surface area contributed by atoms with Crippen molar-refractivity contribution in [2.24, 2.45) is 0 Å². The van der Waals surface area contributed by atoms with Crippen LogP contribution in [0.4, 0.5) is 4.79 Å². The number of hydrogen-bond donors (Lipinski definition) is 1. The number of carbonyl (C=O) groups excluding carboxylic acids is 2. The molecule has 1 aromatic rings. The number of hydrogen-bond acceptors (Lipinski definition) is 5. The molecule has 3 aliphatic heterocycles. The third kappa shape index (κ3) is 2.90. The van der Waals surface area contributed by atoms with Crippen molar-refractivity contribution in [1.82, 2.24) is 20.0 Å². The summed E-state index contributed by atoms with van der Waals surface area (Å²) in [7, 11) is 0. The van der Waals surface area contributed by atoms with E-state index in [2.05, 4.69) is 10.2 Å². The van der Waals surface area contributed by atoms with Crippen LogP contribution in [0.5, 0.6) is 0 Å². The van der Waals surface area contributed by atoms with Crippen molar-refractivity contribution in [2.45, 2.75) is 18.5 Å². The summed E-state index contributed by atoms with van der Waals surface area (Å²) in [6.45, 7) is 7.31. The van der Waals surface area contributed by atoms with Gasteiger partial charge in [0.05, 0.1) is 19.3 Å². The van der Waals surface area contributed by atoms with Crippen molar-refractivity contribution in [1.29, 1.82) is 0 Å². The summed E-state index contributed by atoms with van der Waals surface area (Å²) >= 11 is 0. The van der Waals surface area contributed by atoms with E-state index in [1.165, 1.54) is 4.90 Å². The van der Waals surface area contributed by atoms with Crippen LogP contribution in [0.1, 0.15) is 18.5 Å². The van der Waals surface area contributed by atoms with Crippen LogP contribution >= 0.6 is 0 Å². The second-order valence-electron chi connectivity index (χ2n) is 7.39. The molecule has 2 atom stereocenters. The SMILES string of the molecule is C[C@]12CNC[C@H](c3ccccc3)N1C(=O)N(CCN1CCOCC1)C2=O. The molecule has 0 unspecified atom stereocenters. The van der Waals surface area contributed by atoms with Crippen LogP contribution in [0.3, 0.4) is 0 Å². The van der Waals surface area contributed by atoms with E-state index in [-0.39, 0.29) is 18.0 Å². The number of amides is 3. The molecule has 0 aromatic heterocycles. The molecule has 0 bridgehead atoms. The number of benzene rings is 1. The first kappa shape index (κ1) is 17.5. The molecule has 1 N–H and O–H groups in total. The molecular formula is C19H26N4O3. The lowest BCUT2D eigenvalue weighted by molar-refractivity contribution is -0.134. The third-order valence-electron chi connectivity index (χ3n) is 5.72. The van der Waals surface area contributed by atoms with Gasteiger partial charge in [0.2, 0.25) is 0 Å². The fourth-order valence-corrected chi connectivity index (χ4v) is 4.21. The molecular weight excluding hydrogens is 332 g/mol. The Bertz CT molecular complexity index is 677. The van der Waals surface area contributed by atoms with Crippen molar-refractivity contribution >= 4 is 11.9 Å². The highest BCUT2D eigenvalue weighted by Crippen LogP contribution is 2.38. The second kappa shape index (κ2) is 6.98. The Morgan fingerprint density at radius 2 is 1.88 bits per heavy atom. The van der Waals surface area contributed by atoms with Gasteiger partial charge in [0.15, 0.2) is 0 Å². The van der Waals surface area contributed by atoms with Crippen LogP contribution in [-0.4, -0.2) is 84.7 Å². The van der Waals surface area contributed by atoms with Gasteiger partial charge < -0.3 is 15.0 Å². The standard InChI is InChI=1S/C19H26N4O3/c1-19-14-20-13-16(15-5-3-2-4-6-15)23(19)18(25)22(17(19)24)8-7-21-9-11-26-12-10-21/h2-6,16,20H,7-14H2,1H3/t16-,19-/m1/s1. The summed E-state index contributed by atoms with van der Waals surface area (Å²) in [6.07, 6.45) is 0. The molecule has 0 spiro atoms. The first-order valence-corrected chi connectivity index (χ1v) is 9.32. The zero-order valence-corrected chi connectivity index (χ0v) is 15.2. The highest BCUT2D eigenvalue weighted by atomic mass is 16.5. The van der Waals surface area contributed by atoms with Crippen LogP contribution in [0, 0.1) is 0 Å². The van der Waals surface area contributed by atoms with Crippen LogP contribution < -0.4 is 5.32 Å². The topological polar surface area (TPSA) is 65.1 Å². The first-order valence-electron chi connectivity index (χ1n) is 9.32. The summed E-state index contributed by atoms with van der Waals surface area (Å²) < 4.78 is 5.36. The van der Waals surface area contributed by atoms with Gasteiger partial charge in [-0.25, -0.2) is 4.79 Å². The molecule has 3 heterocycles.